The molecule has 1 fully saturated rings. The number of anilines is 1. The van der Waals surface area contributed by atoms with Gasteiger partial charge in [-0.1, -0.05) is 35.8 Å². The normalized spacial score (nSPS) is 15.2. The summed E-state index contributed by atoms with van der Waals surface area (Å²) in [6.07, 6.45) is 3.94. The summed E-state index contributed by atoms with van der Waals surface area (Å²) in [4.78, 5) is 2.56. The maximum absolute atomic E-state index is 5.70. The van der Waals surface area contributed by atoms with E-state index in [1.165, 1.54) is 30.5 Å². The topological polar surface area (TPSA) is 29.3 Å². The Balaban J connectivity index is 2.12. The molecule has 1 aromatic carbocycles. The molecule has 0 heterocycles. The van der Waals surface area contributed by atoms with Gasteiger partial charge in [-0.25, -0.2) is 0 Å². The van der Waals surface area contributed by atoms with E-state index in [1.807, 2.05) is 0 Å². The van der Waals surface area contributed by atoms with Crippen molar-refractivity contribution in [2.45, 2.75) is 45.7 Å². The number of halogens is 1. The molecule has 0 spiro atoms. The van der Waals surface area contributed by atoms with Crippen LogP contribution in [0.25, 0.3) is 0 Å². The Hall–Kier alpha value is -0.540. The van der Waals surface area contributed by atoms with Gasteiger partial charge in [0.2, 0.25) is 0 Å². The smallest absolute Gasteiger partial charge is 0.0380 e. The molecule has 1 aliphatic carbocycles. The second-order valence-corrected chi connectivity index (χ2v) is 6.44. The number of nitrogens with zero attached hydrogens (tertiary/aromatic N) is 1. The first-order valence-electron chi connectivity index (χ1n) is 6.87. The van der Waals surface area contributed by atoms with Crippen molar-refractivity contribution in [3.05, 3.63) is 28.2 Å². The predicted octanol–water partition coefficient (Wildman–Crippen LogP) is 3.92. The first-order valence-corrected chi connectivity index (χ1v) is 7.66. The molecule has 2 nitrogen and oxygen atoms in total. The van der Waals surface area contributed by atoms with Crippen LogP contribution in [0.3, 0.4) is 0 Å². The molecule has 0 aliphatic heterocycles. The average Bonchev–Trinajstić information content (AvgIpc) is 3.13. The fraction of sp³-hybridized carbons (Fsp3) is 0.600. The summed E-state index contributed by atoms with van der Waals surface area (Å²) in [6, 6.07) is 7.34. The molecule has 0 unspecified atom stereocenters. The summed E-state index contributed by atoms with van der Waals surface area (Å²) in [6.45, 7) is 6.34. The summed E-state index contributed by atoms with van der Waals surface area (Å²) in [5.41, 5.74) is 8.22. The molecule has 1 saturated carbocycles. The van der Waals surface area contributed by atoms with Crippen molar-refractivity contribution in [1.29, 1.82) is 0 Å². The van der Waals surface area contributed by atoms with Gasteiger partial charge in [0, 0.05) is 29.3 Å². The highest BCUT2D eigenvalue weighted by molar-refractivity contribution is 9.10. The minimum absolute atomic E-state index is 0.594. The Morgan fingerprint density at radius 1 is 1.39 bits per heavy atom. The van der Waals surface area contributed by atoms with E-state index in [-0.39, 0.29) is 0 Å². The van der Waals surface area contributed by atoms with Crippen LogP contribution in [0, 0.1) is 5.92 Å². The molecule has 0 bridgehead atoms. The highest BCUT2D eigenvalue weighted by Gasteiger charge is 2.29. The van der Waals surface area contributed by atoms with Gasteiger partial charge < -0.3 is 10.6 Å². The molecular weight excluding hydrogens is 288 g/mol. The van der Waals surface area contributed by atoms with Crippen molar-refractivity contribution in [2.24, 2.45) is 11.7 Å². The summed E-state index contributed by atoms with van der Waals surface area (Å²) in [5, 5.41) is 0. The molecule has 2 rings (SSSR count). The van der Waals surface area contributed by atoms with Gasteiger partial charge in [0.1, 0.15) is 0 Å². The van der Waals surface area contributed by atoms with Gasteiger partial charge in [-0.2, -0.15) is 0 Å². The molecule has 0 radical (unpaired) electrons. The van der Waals surface area contributed by atoms with Crippen LogP contribution in [0.5, 0.6) is 0 Å². The fourth-order valence-corrected chi connectivity index (χ4v) is 2.71. The van der Waals surface area contributed by atoms with E-state index >= 15 is 0 Å². The van der Waals surface area contributed by atoms with Gasteiger partial charge in [-0.15, -0.1) is 0 Å². The lowest BCUT2D eigenvalue weighted by molar-refractivity contribution is 0.570. The van der Waals surface area contributed by atoms with Crippen LogP contribution in [0.2, 0.25) is 0 Å². The first-order chi connectivity index (χ1) is 8.61. The molecule has 0 atom stereocenters. The minimum Gasteiger partial charge on any atom is -0.369 e. The minimum atomic E-state index is 0.594. The zero-order valence-electron chi connectivity index (χ0n) is 11.3. The van der Waals surface area contributed by atoms with Crippen molar-refractivity contribution < 1.29 is 0 Å². The van der Waals surface area contributed by atoms with Gasteiger partial charge in [0.25, 0.3) is 0 Å². The van der Waals surface area contributed by atoms with Crippen LogP contribution in [0.4, 0.5) is 5.69 Å². The number of hydrogen-bond acceptors (Lipinski definition) is 2. The third-order valence-electron chi connectivity index (χ3n) is 3.52. The molecule has 0 aromatic heterocycles. The van der Waals surface area contributed by atoms with Crippen LogP contribution >= 0.6 is 15.9 Å². The second-order valence-electron chi connectivity index (χ2n) is 5.59. The van der Waals surface area contributed by atoms with E-state index < -0.39 is 0 Å². The van der Waals surface area contributed by atoms with E-state index in [1.54, 1.807) is 0 Å². The van der Waals surface area contributed by atoms with Crippen molar-refractivity contribution in [3.8, 4) is 0 Å². The van der Waals surface area contributed by atoms with Gasteiger partial charge >= 0.3 is 0 Å². The lowest BCUT2D eigenvalue weighted by atomic mass is 10.1. The summed E-state index contributed by atoms with van der Waals surface area (Å²) < 4.78 is 1.14. The molecule has 1 aromatic rings. The van der Waals surface area contributed by atoms with E-state index in [4.69, 9.17) is 5.73 Å². The SMILES string of the molecule is CC(C)CCN(c1ccc(CN)c(Br)c1)C1CC1. The van der Waals surface area contributed by atoms with E-state index in [2.05, 4.69) is 52.9 Å². The molecular formula is C15H23BrN2. The predicted molar refractivity (Wildman–Crippen MR) is 81.9 cm³/mol. The maximum atomic E-state index is 5.70. The molecule has 2 N–H and O–H groups in total. The lowest BCUT2D eigenvalue weighted by Crippen LogP contribution is -2.27. The van der Waals surface area contributed by atoms with Crippen molar-refractivity contribution in [1.82, 2.24) is 0 Å². The molecule has 0 amide bonds. The fourth-order valence-electron chi connectivity index (χ4n) is 2.19. The summed E-state index contributed by atoms with van der Waals surface area (Å²) >= 11 is 3.62. The van der Waals surface area contributed by atoms with Crippen molar-refractivity contribution in [2.75, 3.05) is 11.4 Å². The van der Waals surface area contributed by atoms with Crippen LogP contribution in [0.1, 0.15) is 38.7 Å². The average molecular weight is 311 g/mol. The standard InChI is InChI=1S/C15H23BrN2/c1-11(2)7-8-18(13-5-6-13)14-4-3-12(10-17)15(16)9-14/h3-4,9,11,13H,5-8,10,17H2,1-2H3. The van der Waals surface area contributed by atoms with Gasteiger partial charge in [-0.05, 0) is 42.9 Å². The van der Waals surface area contributed by atoms with Crippen LogP contribution in [-0.2, 0) is 6.54 Å². The Labute approximate surface area is 119 Å². The molecule has 100 valence electrons. The van der Waals surface area contributed by atoms with E-state index in [0.29, 0.717) is 6.54 Å². The number of rotatable bonds is 6. The van der Waals surface area contributed by atoms with Crippen molar-refractivity contribution >= 4 is 21.6 Å². The first kappa shape index (κ1) is 13.9. The third-order valence-corrected chi connectivity index (χ3v) is 4.26. The largest absolute Gasteiger partial charge is 0.369 e. The Morgan fingerprint density at radius 3 is 2.61 bits per heavy atom. The quantitative estimate of drug-likeness (QED) is 0.862. The molecule has 0 saturated heterocycles. The maximum Gasteiger partial charge on any atom is 0.0380 e. The zero-order chi connectivity index (χ0) is 13.1. The Morgan fingerprint density at radius 2 is 2.11 bits per heavy atom. The summed E-state index contributed by atoms with van der Waals surface area (Å²) in [7, 11) is 0. The molecule has 1 aliphatic rings. The monoisotopic (exact) mass is 310 g/mol. The highest BCUT2D eigenvalue weighted by Crippen LogP contribution is 2.34. The van der Waals surface area contributed by atoms with Crippen LogP contribution in [-0.4, -0.2) is 12.6 Å². The van der Waals surface area contributed by atoms with E-state index in [0.717, 1.165) is 23.0 Å². The number of hydrogen-bond donors (Lipinski definition) is 1. The molecule has 18 heavy (non-hydrogen) atoms. The molecule has 3 heteroatoms. The van der Waals surface area contributed by atoms with Crippen LogP contribution < -0.4 is 10.6 Å². The second kappa shape index (κ2) is 6.07. The Kier molecular flexibility index (Phi) is 4.68. The van der Waals surface area contributed by atoms with E-state index in [9.17, 15) is 0 Å². The van der Waals surface area contributed by atoms with Crippen molar-refractivity contribution in [3.63, 3.8) is 0 Å². The zero-order valence-corrected chi connectivity index (χ0v) is 12.9. The van der Waals surface area contributed by atoms with Gasteiger partial charge in [0.15, 0.2) is 0 Å². The summed E-state index contributed by atoms with van der Waals surface area (Å²) in [5.74, 6) is 0.762. The van der Waals surface area contributed by atoms with Crippen LogP contribution in [0.15, 0.2) is 22.7 Å². The number of nitrogens with two attached hydrogens (primary N) is 1. The van der Waals surface area contributed by atoms with Gasteiger partial charge in [-0.3, -0.25) is 0 Å². The third kappa shape index (κ3) is 3.48. The van der Waals surface area contributed by atoms with Gasteiger partial charge in [0.05, 0.1) is 0 Å². The Bertz CT molecular complexity index is 399. The number of benzene rings is 1. The lowest BCUT2D eigenvalue weighted by Gasteiger charge is -2.26. The highest BCUT2D eigenvalue weighted by atomic mass is 79.9.